The van der Waals surface area contributed by atoms with Crippen LogP contribution in [0.1, 0.15) is 11.7 Å². The maximum atomic E-state index is 4.84. The van der Waals surface area contributed by atoms with Gasteiger partial charge in [-0.1, -0.05) is 11.2 Å². The van der Waals surface area contributed by atoms with Crippen LogP contribution < -0.4 is 5.32 Å². The van der Waals surface area contributed by atoms with Gasteiger partial charge in [0.2, 0.25) is 5.89 Å². The average molecular weight is 213 g/mol. The van der Waals surface area contributed by atoms with Gasteiger partial charge in [0.05, 0.1) is 6.54 Å². The van der Waals surface area contributed by atoms with Gasteiger partial charge in [0.1, 0.15) is 0 Å². The van der Waals surface area contributed by atoms with Crippen molar-refractivity contribution < 1.29 is 4.52 Å². The van der Waals surface area contributed by atoms with Crippen LogP contribution in [-0.4, -0.2) is 28.2 Å². The number of aryl methyl sites for hydroxylation is 1. The van der Waals surface area contributed by atoms with E-state index >= 15 is 0 Å². The summed E-state index contributed by atoms with van der Waals surface area (Å²) in [6.45, 7) is 7.07. The summed E-state index contributed by atoms with van der Waals surface area (Å²) in [4.78, 5) is 4.08. The second kappa shape index (κ2) is 6.62. The number of aromatic nitrogens is 2. The maximum Gasteiger partial charge on any atom is 0.223 e. The van der Waals surface area contributed by atoms with Crippen molar-refractivity contribution in [2.45, 2.75) is 13.5 Å². The molecule has 0 unspecified atom stereocenters. The van der Waals surface area contributed by atoms with E-state index in [1.807, 2.05) is 17.8 Å². The Morgan fingerprint density at radius 3 is 3.14 bits per heavy atom. The van der Waals surface area contributed by atoms with Crippen LogP contribution in [0.3, 0.4) is 0 Å². The molecule has 0 radical (unpaired) electrons. The van der Waals surface area contributed by atoms with E-state index in [0.29, 0.717) is 12.4 Å². The molecule has 0 fully saturated rings. The molecule has 1 aromatic rings. The predicted molar refractivity (Wildman–Crippen MR) is 58.3 cm³/mol. The monoisotopic (exact) mass is 213 g/mol. The SMILES string of the molecule is C=CCSCCNCc1noc(C)n1. The van der Waals surface area contributed by atoms with Gasteiger partial charge in [-0.2, -0.15) is 16.7 Å². The van der Waals surface area contributed by atoms with Gasteiger partial charge >= 0.3 is 0 Å². The first-order valence-electron chi connectivity index (χ1n) is 4.51. The van der Waals surface area contributed by atoms with Gasteiger partial charge in [0, 0.05) is 25.0 Å². The van der Waals surface area contributed by atoms with E-state index in [0.717, 1.165) is 23.9 Å². The molecule has 1 rings (SSSR count). The number of hydrogen-bond donors (Lipinski definition) is 1. The Morgan fingerprint density at radius 2 is 2.50 bits per heavy atom. The maximum absolute atomic E-state index is 4.84. The van der Waals surface area contributed by atoms with Crippen LogP contribution in [-0.2, 0) is 6.54 Å². The molecule has 1 heterocycles. The summed E-state index contributed by atoms with van der Waals surface area (Å²) in [5, 5.41) is 7.01. The van der Waals surface area contributed by atoms with Gasteiger partial charge in [-0.25, -0.2) is 0 Å². The summed E-state index contributed by atoms with van der Waals surface area (Å²) >= 11 is 1.85. The summed E-state index contributed by atoms with van der Waals surface area (Å²) in [5.74, 6) is 3.41. The van der Waals surface area contributed by atoms with Crippen molar-refractivity contribution in [1.82, 2.24) is 15.5 Å². The Kier molecular flexibility index (Phi) is 5.32. The summed E-state index contributed by atoms with van der Waals surface area (Å²) in [5.41, 5.74) is 0. The zero-order valence-electron chi connectivity index (χ0n) is 8.32. The Morgan fingerprint density at radius 1 is 1.64 bits per heavy atom. The van der Waals surface area contributed by atoms with E-state index in [1.165, 1.54) is 0 Å². The molecule has 0 saturated carbocycles. The highest BCUT2D eigenvalue weighted by Crippen LogP contribution is 1.98. The highest BCUT2D eigenvalue weighted by molar-refractivity contribution is 7.99. The third kappa shape index (κ3) is 4.43. The van der Waals surface area contributed by atoms with Crippen LogP contribution in [0.25, 0.3) is 0 Å². The van der Waals surface area contributed by atoms with Crippen molar-refractivity contribution in [3.8, 4) is 0 Å². The number of rotatable bonds is 7. The minimum atomic E-state index is 0.614. The molecule has 78 valence electrons. The topological polar surface area (TPSA) is 51.0 Å². The summed E-state index contributed by atoms with van der Waals surface area (Å²) < 4.78 is 4.84. The number of hydrogen-bond acceptors (Lipinski definition) is 5. The van der Waals surface area contributed by atoms with Crippen LogP contribution >= 0.6 is 11.8 Å². The first kappa shape index (κ1) is 11.3. The lowest BCUT2D eigenvalue weighted by Crippen LogP contribution is -2.17. The molecule has 0 saturated heterocycles. The summed E-state index contributed by atoms with van der Waals surface area (Å²) in [7, 11) is 0. The molecule has 0 atom stereocenters. The molecule has 14 heavy (non-hydrogen) atoms. The van der Waals surface area contributed by atoms with E-state index in [1.54, 1.807) is 6.92 Å². The van der Waals surface area contributed by atoms with Crippen LogP contribution in [0.4, 0.5) is 0 Å². The quantitative estimate of drug-likeness (QED) is 0.548. The van der Waals surface area contributed by atoms with Crippen molar-refractivity contribution in [1.29, 1.82) is 0 Å². The highest BCUT2D eigenvalue weighted by atomic mass is 32.2. The van der Waals surface area contributed by atoms with Crippen LogP contribution in [0, 0.1) is 6.92 Å². The Labute approximate surface area is 88.2 Å². The molecular formula is C9H15N3OS. The van der Waals surface area contributed by atoms with Gasteiger partial charge in [-0.15, -0.1) is 6.58 Å². The normalized spacial score (nSPS) is 10.4. The van der Waals surface area contributed by atoms with Crippen molar-refractivity contribution in [2.75, 3.05) is 18.1 Å². The first-order chi connectivity index (χ1) is 6.83. The standard InChI is InChI=1S/C9H15N3OS/c1-3-5-14-6-4-10-7-9-11-8(2)13-12-9/h3,10H,1,4-7H2,2H3. The zero-order chi connectivity index (χ0) is 10.2. The largest absolute Gasteiger partial charge is 0.340 e. The first-order valence-corrected chi connectivity index (χ1v) is 5.67. The lowest BCUT2D eigenvalue weighted by atomic mass is 10.6. The summed E-state index contributed by atoms with van der Waals surface area (Å²) in [6, 6.07) is 0. The number of nitrogens with one attached hydrogen (secondary N) is 1. The predicted octanol–water partition coefficient (Wildman–Crippen LogP) is 1.39. The van der Waals surface area contributed by atoms with Gasteiger partial charge in [0.15, 0.2) is 5.82 Å². The lowest BCUT2D eigenvalue weighted by Gasteiger charge is -1.99. The van der Waals surface area contributed by atoms with Gasteiger partial charge in [-0.3, -0.25) is 0 Å². The fraction of sp³-hybridized carbons (Fsp3) is 0.556. The molecular weight excluding hydrogens is 198 g/mol. The fourth-order valence-corrected chi connectivity index (χ4v) is 1.55. The Hall–Kier alpha value is -0.810. The molecule has 1 aromatic heterocycles. The van der Waals surface area contributed by atoms with Crippen molar-refractivity contribution in [2.24, 2.45) is 0 Å². The second-order valence-corrected chi connectivity index (χ2v) is 3.92. The fourth-order valence-electron chi connectivity index (χ4n) is 0.924. The third-order valence-electron chi connectivity index (χ3n) is 1.51. The average Bonchev–Trinajstić information content (AvgIpc) is 2.58. The van der Waals surface area contributed by atoms with E-state index in [4.69, 9.17) is 4.52 Å². The lowest BCUT2D eigenvalue weighted by molar-refractivity contribution is 0.386. The molecule has 0 aromatic carbocycles. The Balaban J connectivity index is 2.01. The van der Waals surface area contributed by atoms with E-state index in [-0.39, 0.29) is 0 Å². The van der Waals surface area contributed by atoms with Gasteiger partial charge in [0.25, 0.3) is 0 Å². The second-order valence-electron chi connectivity index (χ2n) is 2.77. The smallest absolute Gasteiger partial charge is 0.223 e. The van der Waals surface area contributed by atoms with Crippen LogP contribution in [0.2, 0.25) is 0 Å². The van der Waals surface area contributed by atoms with Gasteiger partial charge in [-0.05, 0) is 0 Å². The summed E-state index contributed by atoms with van der Waals surface area (Å²) in [6.07, 6.45) is 1.91. The third-order valence-corrected chi connectivity index (χ3v) is 2.48. The minimum Gasteiger partial charge on any atom is -0.340 e. The van der Waals surface area contributed by atoms with E-state index in [2.05, 4.69) is 22.0 Å². The molecule has 0 aliphatic heterocycles. The number of thioether (sulfide) groups is 1. The highest BCUT2D eigenvalue weighted by Gasteiger charge is 1.99. The minimum absolute atomic E-state index is 0.614. The molecule has 0 aliphatic carbocycles. The van der Waals surface area contributed by atoms with E-state index in [9.17, 15) is 0 Å². The molecule has 4 nitrogen and oxygen atoms in total. The molecule has 0 aliphatic rings. The zero-order valence-corrected chi connectivity index (χ0v) is 9.14. The van der Waals surface area contributed by atoms with E-state index < -0.39 is 0 Å². The van der Waals surface area contributed by atoms with Crippen molar-refractivity contribution in [3.63, 3.8) is 0 Å². The van der Waals surface area contributed by atoms with Crippen molar-refractivity contribution in [3.05, 3.63) is 24.4 Å². The molecule has 0 spiro atoms. The molecule has 5 heteroatoms. The van der Waals surface area contributed by atoms with Crippen LogP contribution in [0.5, 0.6) is 0 Å². The van der Waals surface area contributed by atoms with Gasteiger partial charge < -0.3 is 9.84 Å². The molecule has 0 amide bonds. The Bertz CT molecular complexity index is 275. The van der Waals surface area contributed by atoms with Crippen LogP contribution in [0.15, 0.2) is 17.2 Å². The molecule has 1 N–H and O–H groups in total. The van der Waals surface area contributed by atoms with Crippen molar-refractivity contribution >= 4 is 11.8 Å². The number of nitrogens with zero attached hydrogens (tertiary/aromatic N) is 2. The molecule has 0 bridgehead atoms.